The summed E-state index contributed by atoms with van der Waals surface area (Å²) in [6.07, 6.45) is 3.73. The highest BCUT2D eigenvalue weighted by molar-refractivity contribution is 5.55. The lowest BCUT2D eigenvalue weighted by Crippen LogP contribution is -2.42. The third-order valence-corrected chi connectivity index (χ3v) is 4.70. The molecule has 0 saturated carbocycles. The number of nitrogens with two attached hydrogens (primary N) is 1. The molecular weight excluding hydrogens is 265 g/mol. The number of rotatable bonds is 5. The molecule has 1 aliphatic rings. The fraction of sp³-hybridized carbons (Fsp3) is 0.647. The lowest BCUT2D eigenvalue weighted by molar-refractivity contribution is 0.252. The zero-order valence-corrected chi connectivity index (χ0v) is 13.5. The van der Waals surface area contributed by atoms with E-state index in [2.05, 4.69) is 23.9 Å². The SMILES string of the molecule is CCC(N)Cc1c(F)cccc1N(C)C1CCN(C)CC1. The fourth-order valence-corrected chi connectivity index (χ4v) is 3.07. The summed E-state index contributed by atoms with van der Waals surface area (Å²) in [6.45, 7) is 4.26. The van der Waals surface area contributed by atoms with Crippen molar-refractivity contribution in [1.29, 1.82) is 0 Å². The molecule has 118 valence electrons. The zero-order chi connectivity index (χ0) is 15.4. The Balaban J connectivity index is 2.19. The van der Waals surface area contributed by atoms with E-state index >= 15 is 0 Å². The highest BCUT2D eigenvalue weighted by Gasteiger charge is 2.23. The normalized spacial score (nSPS) is 18.7. The Bertz CT molecular complexity index is 455. The topological polar surface area (TPSA) is 32.5 Å². The molecule has 21 heavy (non-hydrogen) atoms. The number of likely N-dealkylation sites (tertiary alicyclic amines) is 1. The molecule has 4 heteroatoms. The maximum atomic E-state index is 14.2. The van der Waals surface area contributed by atoms with Crippen LogP contribution in [0, 0.1) is 5.82 Å². The van der Waals surface area contributed by atoms with E-state index in [-0.39, 0.29) is 11.9 Å². The second kappa shape index (κ2) is 7.23. The van der Waals surface area contributed by atoms with Crippen LogP contribution in [-0.2, 0) is 6.42 Å². The molecule has 1 atom stereocenters. The van der Waals surface area contributed by atoms with Crippen LogP contribution < -0.4 is 10.6 Å². The summed E-state index contributed by atoms with van der Waals surface area (Å²) in [6, 6.07) is 5.88. The first-order valence-corrected chi connectivity index (χ1v) is 7.97. The molecule has 0 spiro atoms. The summed E-state index contributed by atoms with van der Waals surface area (Å²) in [4.78, 5) is 4.61. The lowest BCUT2D eigenvalue weighted by atomic mass is 9.98. The number of hydrogen-bond donors (Lipinski definition) is 1. The van der Waals surface area contributed by atoms with E-state index < -0.39 is 0 Å². The van der Waals surface area contributed by atoms with E-state index in [0.29, 0.717) is 12.5 Å². The Morgan fingerprint density at radius 3 is 2.67 bits per heavy atom. The van der Waals surface area contributed by atoms with Crippen LogP contribution in [0.15, 0.2) is 18.2 Å². The van der Waals surface area contributed by atoms with Gasteiger partial charge in [0, 0.05) is 30.4 Å². The molecular formula is C17H28FN3. The molecule has 3 nitrogen and oxygen atoms in total. The van der Waals surface area contributed by atoms with Gasteiger partial charge in [-0.25, -0.2) is 4.39 Å². The van der Waals surface area contributed by atoms with Crippen LogP contribution in [0.3, 0.4) is 0 Å². The van der Waals surface area contributed by atoms with E-state index in [4.69, 9.17) is 5.73 Å². The standard InChI is InChI=1S/C17H28FN3/c1-4-13(19)12-15-16(18)6-5-7-17(15)21(3)14-8-10-20(2)11-9-14/h5-7,13-14H,4,8-12,19H2,1-3H3. The largest absolute Gasteiger partial charge is 0.371 e. The van der Waals surface area contributed by atoms with Gasteiger partial charge in [0.25, 0.3) is 0 Å². The van der Waals surface area contributed by atoms with Crippen molar-refractivity contribution in [3.05, 3.63) is 29.6 Å². The van der Waals surface area contributed by atoms with Crippen molar-refractivity contribution in [2.75, 3.05) is 32.1 Å². The first kappa shape index (κ1) is 16.2. The van der Waals surface area contributed by atoms with Gasteiger partial charge in [-0.2, -0.15) is 0 Å². The summed E-state index contributed by atoms with van der Waals surface area (Å²) in [7, 11) is 4.25. The van der Waals surface area contributed by atoms with Gasteiger partial charge in [0.15, 0.2) is 0 Å². The number of halogens is 1. The maximum Gasteiger partial charge on any atom is 0.128 e. The molecule has 0 aromatic heterocycles. The predicted molar refractivity (Wildman–Crippen MR) is 87.3 cm³/mol. The monoisotopic (exact) mass is 293 g/mol. The number of benzene rings is 1. The molecule has 0 radical (unpaired) electrons. The molecule has 2 rings (SSSR count). The van der Waals surface area contributed by atoms with Crippen molar-refractivity contribution in [2.45, 2.75) is 44.7 Å². The molecule has 1 aliphatic heterocycles. The smallest absolute Gasteiger partial charge is 0.128 e. The van der Waals surface area contributed by atoms with Crippen LogP contribution in [0.2, 0.25) is 0 Å². The maximum absolute atomic E-state index is 14.2. The molecule has 1 aromatic carbocycles. The molecule has 1 unspecified atom stereocenters. The molecule has 0 aliphatic carbocycles. The summed E-state index contributed by atoms with van der Waals surface area (Å²) in [5.74, 6) is -0.129. The second-order valence-electron chi connectivity index (χ2n) is 6.26. The second-order valence-corrected chi connectivity index (χ2v) is 6.26. The van der Waals surface area contributed by atoms with Gasteiger partial charge >= 0.3 is 0 Å². The van der Waals surface area contributed by atoms with Gasteiger partial charge in [0.2, 0.25) is 0 Å². The zero-order valence-electron chi connectivity index (χ0n) is 13.5. The van der Waals surface area contributed by atoms with Crippen LogP contribution in [0.1, 0.15) is 31.7 Å². The predicted octanol–water partition coefficient (Wildman–Crippen LogP) is 2.64. The Kier molecular flexibility index (Phi) is 5.59. The minimum atomic E-state index is -0.129. The van der Waals surface area contributed by atoms with Crippen molar-refractivity contribution in [1.82, 2.24) is 4.90 Å². The van der Waals surface area contributed by atoms with Crippen molar-refractivity contribution >= 4 is 5.69 Å². The third-order valence-electron chi connectivity index (χ3n) is 4.70. The van der Waals surface area contributed by atoms with Gasteiger partial charge in [-0.15, -0.1) is 0 Å². The Morgan fingerprint density at radius 1 is 1.38 bits per heavy atom. The van der Waals surface area contributed by atoms with Crippen LogP contribution in [0.5, 0.6) is 0 Å². The fourth-order valence-electron chi connectivity index (χ4n) is 3.07. The molecule has 1 aromatic rings. The van der Waals surface area contributed by atoms with Gasteiger partial charge in [0.05, 0.1) is 0 Å². The lowest BCUT2D eigenvalue weighted by Gasteiger charge is -2.37. The number of piperidine rings is 1. The molecule has 1 fully saturated rings. The minimum absolute atomic E-state index is 0.0199. The average molecular weight is 293 g/mol. The van der Waals surface area contributed by atoms with Gasteiger partial charge in [-0.1, -0.05) is 13.0 Å². The van der Waals surface area contributed by atoms with E-state index in [9.17, 15) is 4.39 Å². The van der Waals surface area contributed by atoms with Gasteiger partial charge in [-0.3, -0.25) is 0 Å². The van der Waals surface area contributed by atoms with Crippen LogP contribution >= 0.6 is 0 Å². The van der Waals surface area contributed by atoms with Crippen molar-refractivity contribution < 1.29 is 4.39 Å². The molecule has 1 saturated heterocycles. The summed E-state index contributed by atoms with van der Waals surface area (Å²) in [5, 5.41) is 0. The van der Waals surface area contributed by atoms with E-state index in [1.54, 1.807) is 12.1 Å². The highest BCUT2D eigenvalue weighted by Crippen LogP contribution is 2.28. The van der Waals surface area contributed by atoms with E-state index in [1.165, 1.54) is 0 Å². The molecule has 2 N–H and O–H groups in total. The summed E-state index contributed by atoms with van der Waals surface area (Å²) >= 11 is 0. The van der Waals surface area contributed by atoms with Gasteiger partial charge in [-0.05, 0) is 58.0 Å². The van der Waals surface area contributed by atoms with Crippen molar-refractivity contribution in [3.63, 3.8) is 0 Å². The Morgan fingerprint density at radius 2 is 2.05 bits per heavy atom. The first-order chi connectivity index (χ1) is 10.0. The summed E-state index contributed by atoms with van der Waals surface area (Å²) < 4.78 is 14.2. The minimum Gasteiger partial charge on any atom is -0.371 e. The van der Waals surface area contributed by atoms with Gasteiger partial charge in [0.1, 0.15) is 5.82 Å². The summed E-state index contributed by atoms with van der Waals surface area (Å²) in [5.41, 5.74) is 7.83. The Labute approximate surface area is 127 Å². The van der Waals surface area contributed by atoms with Gasteiger partial charge < -0.3 is 15.5 Å². The van der Waals surface area contributed by atoms with Crippen molar-refractivity contribution in [2.24, 2.45) is 5.73 Å². The number of nitrogens with zero attached hydrogens (tertiary/aromatic N) is 2. The molecule has 1 heterocycles. The van der Waals surface area contributed by atoms with Crippen LogP contribution in [0.4, 0.5) is 10.1 Å². The quantitative estimate of drug-likeness (QED) is 0.906. The van der Waals surface area contributed by atoms with E-state index in [1.807, 2.05) is 13.0 Å². The average Bonchev–Trinajstić information content (AvgIpc) is 2.49. The molecule has 0 bridgehead atoms. The van der Waals surface area contributed by atoms with Crippen LogP contribution in [0.25, 0.3) is 0 Å². The Hall–Kier alpha value is -1.13. The number of anilines is 1. The highest BCUT2D eigenvalue weighted by atomic mass is 19.1. The van der Waals surface area contributed by atoms with E-state index in [0.717, 1.165) is 43.6 Å². The first-order valence-electron chi connectivity index (χ1n) is 7.97. The third kappa shape index (κ3) is 3.95. The van der Waals surface area contributed by atoms with Crippen molar-refractivity contribution in [3.8, 4) is 0 Å². The molecule has 0 amide bonds. The number of hydrogen-bond acceptors (Lipinski definition) is 3. The van der Waals surface area contributed by atoms with Crippen LogP contribution in [-0.4, -0.2) is 44.2 Å².